The van der Waals surface area contributed by atoms with E-state index in [1.54, 1.807) is 7.11 Å². The van der Waals surface area contributed by atoms with Gasteiger partial charge in [-0.1, -0.05) is 13.8 Å². The fourth-order valence-electron chi connectivity index (χ4n) is 2.97. The van der Waals surface area contributed by atoms with Gasteiger partial charge >= 0.3 is 5.97 Å². The molecule has 0 unspecified atom stereocenters. The maximum absolute atomic E-state index is 12.2. The SMILES string of the molecule is COc1ccc(O[C@H]2[C@H](C)OC(=O)[C@@H]([NH3+])CCC[C@@H]2OCC(C)C)cc1. The summed E-state index contributed by atoms with van der Waals surface area (Å²) in [5, 5.41) is 0. The lowest BCUT2D eigenvalue weighted by Crippen LogP contribution is -2.65. The smallest absolute Gasteiger partial charge is 0.365 e. The fourth-order valence-corrected chi connectivity index (χ4v) is 2.97. The quantitative estimate of drug-likeness (QED) is 0.781. The first-order chi connectivity index (χ1) is 12.4. The Labute approximate surface area is 155 Å². The van der Waals surface area contributed by atoms with Crippen LogP contribution in [0.2, 0.25) is 0 Å². The van der Waals surface area contributed by atoms with Crippen molar-refractivity contribution in [1.82, 2.24) is 0 Å². The van der Waals surface area contributed by atoms with Gasteiger partial charge in [-0.05, 0) is 49.9 Å². The molecule has 3 N–H and O–H groups in total. The lowest BCUT2D eigenvalue weighted by molar-refractivity contribution is -0.410. The van der Waals surface area contributed by atoms with Gasteiger partial charge in [0.05, 0.1) is 13.2 Å². The van der Waals surface area contributed by atoms with Crippen molar-refractivity contribution < 1.29 is 29.5 Å². The first-order valence-corrected chi connectivity index (χ1v) is 9.36. The minimum absolute atomic E-state index is 0.146. The van der Waals surface area contributed by atoms with Gasteiger partial charge in [-0.3, -0.25) is 0 Å². The van der Waals surface area contributed by atoms with Crippen LogP contribution in [-0.4, -0.2) is 44.0 Å². The average Bonchev–Trinajstić information content (AvgIpc) is 2.66. The Hall–Kier alpha value is -1.79. The van der Waals surface area contributed by atoms with E-state index >= 15 is 0 Å². The summed E-state index contributed by atoms with van der Waals surface area (Å²) >= 11 is 0. The molecule has 1 aliphatic rings. The van der Waals surface area contributed by atoms with Crippen LogP contribution in [0.25, 0.3) is 0 Å². The molecule has 1 aromatic rings. The third-order valence-electron chi connectivity index (χ3n) is 4.48. The van der Waals surface area contributed by atoms with Gasteiger partial charge in [0.25, 0.3) is 0 Å². The van der Waals surface area contributed by atoms with E-state index in [2.05, 4.69) is 19.6 Å². The van der Waals surface area contributed by atoms with Crippen molar-refractivity contribution in [2.24, 2.45) is 5.92 Å². The van der Waals surface area contributed by atoms with Gasteiger partial charge in [-0.15, -0.1) is 0 Å². The zero-order chi connectivity index (χ0) is 19.1. The van der Waals surface area contributed by atoms with Crippen molar-refractivity contribution in [2.75, 3.05) is 13.7 Å². The number of hydrogen-bond donors (Lipinski definition) is 1. The van der Waals surface area contributed by atoms with Crippen molar-refractivity contribution in [3.63, 3.8) is 0 Å². The maximum atomic E-state index is 12.2. The molecule has 0 radical (unpaired) electrons. The molecule has 1 aromatic carbocycles. The van der Waals surface area contributed by atoms with Gasteiger partial charge in [0, 0.05) is 13.0 Å². The Balaban J connectivity index is 2.19. The van der Waals surface area contributed by atoms with Crippen LogP contribution in [0.5, 0.6) is 11.5 Å². The van der Waals surface area contributed by atoms with E-state index < -0.39 is 6.10 Å². The topological polar surface area (TPSA) is 81.6 Å². The number of quaternary nitrogens is 1. The van der Waals surface area contributed by atoms with E-state index in [1.807, 2.05) is 31.2 Å². The molecule has 0 aliphatic carbocycles. The van der Waals surface area contributed by atoms with Crippen LogP contribution in [-0.2, 0) is 14.3 Å². The predicted molar refractivity (Wildman–Crippen MR) is 98.1 cm³/mol. The third-order valence-corrected chi connectivity index (χ3v) is 4.48. The normalized spacial score (nSPS) is 27.2. The summed E-state index contributed by atoms with van der Waals surface area (Å²) < 4.78 is 23.2. The van der Waals surface area contributed by atoms with E-state index in [0.717, 1.165) is 18.6 Å². The summed E-state index contributed by atoms with van der Waals surface area (Å²) in [6, 6.07) is 7.05. The third kappa shape index (κ3) is 5.88. The molecule has 26 heavy (non-hydrogen) atoms. The van der Waals surface area contributed by atoms with Crippen LogP contribution < -0.4 is 15.2 Å². The average molecular weight is 366 g/mol. The second-order valence-electron chi connectivity index (χ2n) is 7.29. The highest BCUT2D eigenvalue weighted by molar-refractivity contribution is 5.74. The van der Waals surface area contributed by atoms with Crippen molar-refractivity contribution in [3.05, 3.63) is 24.3 Å². The van der Waals surface area contributed by atoms with Crippen molar-refractivity contribution in [1.29, 1.82) is 0 Å². The second-order valence-corrected chi connectivity index (χ2v) is 7.29. The molecule has 1 aliphatic heterocycles. The molecule has 6 heteroatoms. The predicted octanol–water partition coefficient (Wildman–Crippen LogP) is 2.21. The molecule has 1 saturated heterocycles. The maximum Gasteiger partial charge on any atom is 0.365 e. The molecule has 1 fully saturated rings. The lowest BCUT2D eigenvalue weighted by atomic mass is 10.0. The van der Waals surface area contributed by atoms with Gasteiger partial charge in [0.2, 0.25) is 0 Å². The van der Waals surface area contributed by atoms with Crippen molar-refractivity contribution in [3.8, 4) is 11.5 Å². The summed E-state index contributed by atoms with van der Waals surface area (Å²) in [5.74, 6) is 1.61. The zero-order valence-corrected chi connectivity index (χ0v) is 16.3. The van der Waals surface area contributed by atoms with Crippen LogP contribution in [0.3, 0.4) is 0 Å². The molecule has 1 heterocycles. The Morgan fingerprint density at radius 1 is 1.19 bits per heavy atom. The molecule has 0 saturated carbocycles. The molecular formula is C20H32NO5+. The van der Waals surface area contributed by atoms with E-state index in [1.165, 1.54) is 0 Å². The zero-order valence-electron chi connectivity index (χ0n) is 16.3. The van der Waals surface area contributed by atoms with E-state index in [0.29, 0.717) is 24.7 Å². The number of esters is 1. The Morgan fingerprint density at radius 2 is 1.85 bits per heavy atom. The van der Waals surface area contributed by atoms with Gasteiger partial charge < -0.3 is 24.7 Å². The first kappa shape index (κ1) is 20.5. The number of ether oxygens (including phenoxy) is 4. The van der Waals surface area contributed by atoms with Crippen LogP contribution in [0.15, 0.2) is 24.3 Å². The molecule has 0 spiro atoms. The number of benzene rings is 1. The monoisotopic (exact) mass is 366 g/mol. The van der Waals surface area contributed by atoms with E-state index in [4.69, 9.17) is 18.9 Å². The molecule has 0 bridgehead atoms. The molecule has 6 nitrogen and oxygen atoms in total. The number of hydrogen-bond acceptors (Lipinski definition) is 5. The Bertz CT molecular complexity index is 560. The van der Waals surface area contributed by atoms with Gasteiger partial charge in [-0.25, -0.2) is 4.79 Å². The Kier molecular flexibility index (Phi) is 7.72. The molecule has 146 valence electrons. The number of cyclic esters (lactones) is 1. The molecule has 0 amide bonds. The largest absolute Gasteiger partial charge is 0.497 e. The van der Waals surface area contributed by atoms with Crippen LogP contribution in [0.4, 0.5) is 0 Å². The van der Waals surface area contributed by atoms with Gasteiger partial charge in [0.15, 0.2) is 12.1 Å². The summed E-state index contributed by atoms with van der Waals surface area (Å²) in [6.45, 7) is 6.73. The second kappa shape index (κ2) is 9.78. The van der Waals surface area contributed by atoms with Gasteiger partial charge in [0.1, 0.15) is 17.6 Å². The van der Waals surface area contributed by atoms with Crippen LogP contribution in [0.1, 0.15) is 40.0 Å². The first-order valence-electron chi connectivity index (χ1n) is 9.36. The lowest BCUT2D eigenvalue weighted by Gasteiger charge is -2.31. The van der Waals surface area contributed by atoms with Gasteiger partial charge in [-0.2, -0.15) is 0 Å². The van der Waals surface area contributed by atoms with Crippen molar-refractivity contribution >= 4 is 5.97 Å². The summed E-state index contributed by atoms with van der Waals surface area (Å²) in [6.07, 6.45) is 1.40. The summed E-state index contributed by atoms with van der Waals surface area (Å²) in [5.41, 5.74) is 3.91. The van der Waals surface area contributed by atoms with Crippen LogP contribution >= 0.6 is 0 Å². The van der Waals surface area contributed by atoms with Crippen LogP contribution in [0, 0.1) is 5.92 Å². The number of carbonyl (C=O) groups excluding carboxylic acids is 1. The summed E-state index contributed by atoms with van der Waals surface area (Å²) in [7, 11) is 1.63. The van der Waals surface area contributed by atoms with E-state index in [9.17, 15) is 4.79 Å². The molecule has 2 rings (SSSR count). The molecule has 0 aromatic heterocycles. The minimum Gasteiger partial charge on any atom is -0.497 e. The highest BCUT2D eigenvalue weighted by atomic mass is 16.6. The highest BCUT2D eigenvalue weighted by Gasteiger charge is 2.36. The van der Waals surface area contributed by atoms with E-state index in [-0.39, 0.29) is 24.2 Å². The summed E-state index contributed by atoms with van der Waals surface area (Å²) in [4.78, 5) is 12.2. The number of methoxy groups -OCH3 is 1. The minimum atomic E-state index is -0.427. The Morgan fingerprint density at radius 3 is 2.46 bits per heavy atom. The number of carbonyl (C=O) groups is 1. The molecular weight excluding hydrogens is 334 g/mol. The highest BCUT2D eigenvalue weighted by Crippen LogP contribution is 2.25. The molecule has 4 atom stereocenters. The van der Waals surface area contributed by atoms with Crippen molar-refractivity contribution in [2.45, 2.75) is 64.4 Å². The number of rotatable bonds is 6. The standard InChI is InChI=1S/C20H31NO5/c1-13(2)12-24-18-7-5-6-17(21)20(22)25-14(3)19(18)26-16-10-8-15(23-4)9-11-16/h8-11,13-14,17-19H,5-7,12,21H2,1-4H3/p+1/t14-,17-,18-,19-/m0/s1. The fraction of sp³-hybridized carbons (Fsp3) is 0.650.